The van der Waals surface area contributed by atoms with Crippen LogP contribution in [0.3, 0.4) is 0 Å². The number of esters is 1. The second-order valence-electron chi connectivity index (χ2n) is 14.1. The Morgan fingerprint density at radius 1 is 1.08 bits per heavy atom. The van der Waals surface area contributed by atoms with E-state index in [9.17, 15) is 13.2 Å². The van der Waals surface area contributed by atoms with Crippen LogP contribution in [-0.4, -0.2) is 69.6 Å². The fourth-order valence-corrected chi connectivity index (χ4v) is 10.8. The molecule has 256 valence electrons. The maximum Gasteiger partial charge on any atom is 0.337 e. The molecule has 11 heteroatoms. The molecule has 1 aromatic heterocycles. The molecule has 2 aromatic carbocycles. The Hall–Kier alpha value is -3.21. The van der Waals surface area contributed by atoms with Crippen LogP contribution in [0.25, 0.3) is 0 Å². The number of fused-ring (bicyclic) bond motifs is 3. The number of aromatic nitrogens is 2. The third-order valence-electron chi connectivity index (χ3n) is 11.5. The van der Waals surface area contributed by atoms with E-state index in [1.165, 1.54) is 30.6 Å². The zero-order valence-electron chi connectivity index (χ0n) is 27.6. The summed E-state index contributed by atoms with van der Waals surface area (Å²) < 4.78 is 45.0. The summed E-state index contributed by atoms with van der Waals surface area (Å²) in [6.45, 7) is 2.07. The van der Waals surface area contributed by atoms with Crippen molar-refractivity contribution in [2.24, 2.45) is 17.8 Å². The molecule has 48 heavy (non-hydrogen) atoms. The minimum atomic E-state index is -3.63. The highest BCUT2D eigenvalue weighted by molar-refractivity contribution is 7.91. The van der Waals surface area contributed by atoms with E-state index in [1.807, 2.05) is 18.2 Å². The first kappa shape index (κ1) is 33.3. The number of anilines is 1. The lowest BCUT2D eigenvalue weighted by Crippen LogP contribution is -2.51. The van der Waals surface area contributed by atoms with Gasteiger partial charge in [0.05, 0.1) is 36.3 Å². The Morgan fingerprint density at radius 2 is 1.92 bits per heavy atom. The summed E-state index contributed by atoms with van der Waals surface area (Å²) in [7, 11) is -0.452. The number of hydrogen-bond donors (Lipinski definition) is 0. The summed E-state index contributed by atoms with van der Waals surface area (Å²) in [4.78, 5) is 23.2. The van der Waals surface area contributed by atoms with E-state index >= 15 is 0 Å². The van der Waals surface area contributed by atoms with Crippen molar-refractivity contribution in [1.82, 2.24) is 9.97 Å². The predicted molar refractivity (Wildman–Crippen MR) is 184 cm³/mol. The number of nitrogens with zero attached hydrogens (tertiary/aromatic N) is 3. The largest absolute Gasteiger partial charge is 0.490 e. The Balaban J connectivity index is 1.16. The van der Waals surface area contributed by atoms with E-state index in [0.717, 1.165) is 74.5 Å². The van der Waals surface area contributed by atoms with E-state index in [1.54, 1.807) is 19.2 Å². The number of sulfone groups is 1. The molecule has 7 rings (SSSR count). The molecule has 3 aliphatic carbocycles. The lowest BCUT2D eigenvalue weighted by Gasteiger charge is -2.48. The number of benzene rings is 2. The van der Waals surface area contributed by atoms with Crippen LogP contribution >= 0.6 is 11.6 Å². The second kappa shape index (κ2) is 13.6. The molecule has 0 bridgehead atoms. The van der Waals surface area contributed by atoms with Crippen LogP contribution in [0.15, 0.2) is 60.0 Å². The van der Waals surface area contributed by atoms with E-state index < -0.39 is 15.1 Å². The molecule has 1 spiro atoms. The first-order valence-corrected chi connectivity index (χ1v) is 19.1. The van der Waals surface area contributed by atoms with Gasteiger partial charge in [0, 0.05) is 43.0 Å². The molecule has 2 heterocycles. The first-order chi connectivity index (χ1) is 23.2. The van der Waals surface area contributed by atoms with Crippen molar-refractivity contribution in [2.75, 3.05) is 38.8 Å². The molecule has 3 aromatic rings. The molecule has 6 atom stereocenters. The van der Waals surface area contributed by atoms with Crippen molar-refractivity contribution >= 4 is 33.1 Å². The molecule has 0 saturated heterocycles. The number of carbonyl (C=O) groups excluding carboxylic acids is 1. The Labute approximate surface area is 288 Å². The zero-order valence-corrected chi connectivity index (χ0v) is 29.2. The van der Waals surface area contributed by atoms with Crippen LogP contribution in [0.1, 0.15) is 72.9 Å². The third-order valence-corrected chi connectivity index (χ3v) is 13.7. The van der Waals surface area contributed by atoms with E-state index in [-0.39, 0.29) is 28.6 Å². The van der Waals surface area contributed by atoms with Crippen molar-refractivity contribution in [3.05, 3.63) is 76.6 Å². The monoisotopic (exact) mass is 693 g/mol. The van der Waals surface area contributed by atoms with E-state index in [0.29, 0.717) is 36.8 Å². The van der Waals surface area contributed by atoms with Crippen molar-refractivity contribution in [1.29, 1.82) is 0 Å². The van der Waals surface area contributed by atoms with Gasteiger partial charge >= 0.3 is 5.97 Å². The number of rotatable bonds is 8. The van der Waals surface area contributed by atoms with E-state index in [2.05, 4.69) is 27.0 Å². The van der Waals surface area contributed by atoms with Crippen LogP contribution in [0.2, 0.25) is 5.02 Å². The lowest BCUT2D eigenvalue weighted by molar-refractivity contribution is -0.0589. The van der Waals surface area contributed by atoms with Gasteiger partial charge in [0.1, 0.15) is 5.75 Å². The number of aryl methyl sites for hydroxylation is 1. The molecule has 2 fully saturated rings. The second-order valence-corrected chi connectivity index (χ2v) is 16.7. The summed E-state index contributed by atoms with van der Waals surface area (Å²) in [5, 5.41) is 0.154. The fraction of sp³-hybridized carbons (Fsp3) is 0.541. The van der Waals surface area contributed by atoms with Gasteiger partial charge in [0.15, 0.2) is 0 Å². The summed E-state index contributed by atoms with van der Waals surface area (Å²) in [5.74, 6) is 1.15. The highest BCUT2D eigenvalue weighted by Crippen LogP contribution is 2.48. The summed E-state index contributed by atoms with van der Waals surface area (Å²) in [6, 6.07) is 13.5. The van der Waals surface area contributed by atoms with Gasteiger partial charge in [-0.15, -0.1) is 0 Å². The molecule has 9 nitrogen and oxygen atoms in total. The molecular weight excluding hydrogens is 650 g/mol. The lowest BCUT2D eigenvalue weighted by atomic mass is 9.65. The van der Waals surface area contributed by atoms with Gasteiger partial charge in [-0.1, -0.05) is 24.1 Å². The van der Waals surface area contributed by atoms with Crippen LogP contribution in [0.4, 0.5) is 5.69 Å². The van der Waals surface area contributed by atoms with Crippen molar-refractivity contribution in [3.63, 3.8) is 0 Å². The number of ether oxygens (including phenoxy) is 3. The van der Waals surface area contributed by atoms with Gasteiger partial charge < -0.3 is 19.1 Å². The summed E-state index contributed by atoms with van der Waals surface area (Å²) in [5.41, 5.74) is 3.74. The number of hydrogen-bond acceptors (Lipinski definition) is 9. The third kappa shape index (κ3) is 6.20. The topological polar surface area (TPSA) is 108 Å². The molecular formula is C37H44ClN3O6S. The number of methoxy groups -OCH3 is 2. The molecule has 0 unspecified atom stereocenters. The van der Waals surface area contributed by atoms with Crippen LogP contribution in [0.5, 0.6) is 5.75 Å². The molecule has 0 N–H and O–H groups in total. The van der Waals surface area contributed by atoms with Crippen LogP contribution < -0.4 is 9.64 Å². The smallest absolute Gasteiger partial charge is 0.337 e. The Bertz CT molecular complexity index is 1760. The maximum atomic E-state index is 13.5. The molecule has 1 aliphatic heterocycles. The quantitative estimate of drug-likeness (QED) is 0.194. The minimum Gasteiger partial charge on any atom is -0.490 e. The van der Waals surface area contributed by atoms with Crippen molar-refractivity contribution in [2.45, 2.75) is 79.7 Å². The molecule has 0 amide bonds. The number of halogens is 1. The zero-order chi connectivity index (χ0) is 33.5. The number of carbonyl (C=O) groups is 1. The average molecular weight is 694 g/mol. The fourth-order valence-electron chi connectivity index (χ4n) is 8.96. The molecule has 0 radical (unpaired) electrons. The van der Waals surface area contributed by atoms with Gasteiger partial charge in [-0.3, -0.25) is 0 Å². The van der Waals surface area contributed by atoms with Gasteiger partial charge in [-0.2, -0.15) is 0 Å². The minimum absolute atomic E-state index is 0.0472. The van der Waals surface area contributed by atoms with Gasteiger partial charge in [-0.25, -0.2) is 23.2 Å². The standard InChI is InChI=1S/C37H44ClN3O6S/c1-45-34(25-6-3-8-29(19-25)48(43,44)36-39-16-5-17-40-36)30-12-9-27(30)21-41-22-37(15-4-7-24-18-28(38)11-13-31(24)37)23-47-33-14-10-26(20-32(33)41)35(42)46-2/h5,10-11,13-14,16-18,20,25,27,29-30,34H,3-4,6-9,12,15,19,21-23H2,1-2H3/t25-,27-,29+,30+,34-,37-/m0/s1. The summed E-state index contributed by atoms with van der Waals surface area (Å²) in [6.07, 6.45) is 11.0. The van der Waals surface area contributed by atoms with Crippen LogP contribution in [-0.2, 0) is 31.1 Å². The van der Waals surface area contributed by atoms with Gasteiger partial charge in [0.25, 0.3) is 0 Å². The van der Waals surface area contributed by atoms with E-state index in [4.69, 9.17) is 25.8 Å². The van der Waals surface area contributed by atoms with Gasteiger partial charge in [0.2, 0.25) is 15.0 Å². The molecule has 2 saturated carbocycles. The first-order valence-electron chi connectivity index (χ1n) is 17.1. The average Bonchev–Trinajstić information content (AvgIpc) is 3.25. The Morgan fingerprint density at radius 3 is 2.67 bits per heavy atom. The molecule has 4 aliphatic rings. The normalized spacial score (nSPS) is 27.5. The Kier molecular flexibility index (Phi) is 9.43. The predicted octanol–water partition coefficient (Wildman–Crippen LogP) is 6.46. The SMILES string of the molecule is COC(=O)c1ccc2c(c1)N(C[C@@H]1CC[C@H]1[C@@H](OC)[C@H]1CCC[C@@H](S(=O)(=O)c3ncccn3)C1)C[C@@]1(CCCc3cc(Cl)ccc31)CO2. The summed E-state index contributed by atoms with van der Waals surface area (Å²) >= 11 is 6.45. The van der Waals surface area contributed by atoms with Gasteiger partial charge in [-0.05, 0) is 117 Å². The highest BCUT2D eigenvalue weighted by Gasteiger charge is 2.47. The van der Waals surface area contributed by atoms with Crippen molar-refractivity contribution in [3.8, 4) is 5.75 Å². The van der Waals surface area contributed by atoms with Crippen molar-refractivity contribution < 1.29 is 27.4 Å². The maximum absolute atomic E-state index is 13.5. The van der Waals surface area contributed by atoms with Crippen LogP contribution in [0, 0.1) is 17.8 Å². The highest BCUT2D eigenvalue weighted by atomic mass is 35.5.